The van der Waals surface area contributed by atoms with E-state index >= 15 is 0 Å². The topological polar surface area (TPSA) is 146 Å². The van der Waals surface area contributed by atoms with Gasteiger partial charge in [0, 0.05) is 18.4 Å². The smallest absolute Gasteiger partial charge is 0.360 e. The molecule has 5 rings (SSSR count). The molecule has 4 heterocycles. The van der Waals surface area contributed by atoms with Crippen molar-refractivity contribution in [2.75, 3.05) is 11.6 Å². The van der Waals surface area contributed by atoms with Crippen molar-refractivity contribution in [1.82, 2.24) is 34.5 Å². The van der Waals surface area contributed by atoms with Gasteiger partial charge >= 0.3 is 6.18 Å². The standard InChI is InChI=1S/C25H25F3N8O3S/c1-4-17-19(20(14-5-6-14)33-12-32-17)21-31-11-18-23(35-21)36(13(2)25(26,27)28)24(37)22(34-18)30-9-15-7-8-16(10-29-15)40(3,38)39/h7-8,10-14H,4-6,9H2,1-3H3,(H,30,34)/t13-/m0/s1. The third-order valence-corrected chi connectivity index (χ3v) is 7.73. The van der Waals surface area contributed by atoms with Crippen molar-refractivity contribution in [2.24, 2.45) is 0 Å². The number of nitrogens with one attached hydrogen (secondary N) is 1. The molecule has 0 spiro atoms. The Bertz CT molecular complexity index is 1750. The highest BCUT2D eigenvalue weighted by molar-refractivity contribution is 7.90. The first-order valence-electron chi connectivity index (χ1n) is 12.5. The summed E-state index contributed by atoms with van der Waals surface area (Å²) in [5, 5.41) is 2.72. The van der Waals surface area contributed by atoms with Crippen LogP contribution in [0.15, 0.2) is 40.5 Å². The molecule has 0 aliphatic heterocycles. The third kappa shape index (κ3) is 5.37. The number of anilines is 1. The second-order valence-corrected chi connectivity index (χ2v) is 11.6. The maximum atomic E-state index is 14.0. The van der Waals surface area contributed by atoms with Gasteiger partial charge in [-0.05, 0) is 38.3 Å². The summed E-state index contributed by atoms with van der Waals surface area (Å²) in [4.78, 5) is 39.2. The van der Waals surface area contributed by atoms with Crippen LogP contribution in [-0.4, -0.2) is 55.3 Å². The molecule has 0 unspecified atom stereocenters. The maximum Gasteiger partial charge on any atom is 0.409 e. The summed E-state index contributed by atoms with van der Waals surface area (Å²) >= 11 is 0. The van der Waals surface area contributed by atoms with Crippen LogP contribution in [0, 0.1) is 0 Å². The summed E-state index contributed by atoms with van der Waals surface area (Å²) in [5.74, 6) is -0.0272. The van der Waals surface area contributed by atoms with Gasteiger partial charge < -0.3 is 5.32 Å². The van der Waals surface area contributed by atoms with Crippen molar-refractivity contribution in [3.8, 4) is 11.4 Å². The number of sulfone groups is 1. The molecule has 11 nitrogen and oxygen atoms in total. The van der Waals surface area contributed by atoms with E-state index in [1.165, 1.54) is 24.7 Å². The van der Waals surface area contributed by atoms with E-state index in [9.17, 15) is 26.4 Å². The van der Waals surface area contributed by atoms with E-state index < -0.39 is 27.6 Å². The molecule has 0 radical (unpaired) electrons. The van der Waals surface area contributed by atoms with Crippen molar-refractivity contribution >= 4 is 26.8 Å². The fourth-order valence-electron chi connectivity index (χ4n) is 4.27. The zero-order chi connectivity index (χ0) is 28.8. The first-order chi connectivity index (χ1) is 18.9. The van der Waals surface area contributed by atoms with Crippen LogP contribution in [-0.2, 0) is 22.8 Å². The zero-order valence-corrected chi connectivity index (χ0v) is 22.6. The van der Waals surface area contributed by atoms with Crippen LogP contribution in [0.3, 0.4) is 0 Å². The average molecular weight is 575 g/mol. The molecule has 4 aromatic heterocycles. The average Bonchev–Trinajstić information content (AvgIpc) is 3.76. The molecule has 1 aliphatic carbocycles. The lowest BCUT2D eigenvalue weighted by Gasteiger charge is -2.21. The predicted molar refractivity (Wildman–Crippen MR) is 139 cm³/mol. The van der Waals surface area contributed by atoms with E-state index in [0.29, 0.717) is 27.9 Å². The van der Waals surface area contributed by atoms with Gasteiger partial charge in [-0.1, -0.05) is 6.92 Å². The highest BCUT2D eigenvalue weighted by Crippen LogP contribution is 2.43. The molecule has 1 N–H and O–H groups in total. The molecule has 15 heteroatoms. The normalized spacial score (nSPS) is 14.8. The van der Waals surface area contributed by atoms with Crippen molar-refractivity contribution < 1.29 is 21.6 Å². The Kier molecular flexibility index (Phi) is 7.02. The van der Waals surface area contributed by atoms with Crippen molar-refractivity contribution in [1.29, 1.82) is 0 Å². The Morgan fingerprint density at radius 2 is 1.85 bits per heavy atom. The molecule has 0 saturated heterocycles. The van der Waals surface area contributed by atoms with Crippen LogP contribution < -0.4 is 10.9 Å². The lowest BCUT2D eigenvalue weighted by Crippen LogP contribution is -2.35. The van der Waals surface area contributed by atoms with Crippen LogP contribution in [0.4, 0.5) is 19.0 Å². The number of alkyl halides is 3. The highest BCUT2D eigenvalue weighted by atomic mass is 32.2. The van der Waals surface area contributed by atoms with Crippen molar-refractivity contribution in [3.63, 3.8) is 0 Å². The first kappa shape index (κ1) is 27.6. The van der Waals surface area contributed by atoms with Crippen LogP contribution in [0.5, 0.6) is 0 Å². The Balaban J connectivity index is 1.60. The van der Waals surface area contributed by atoms with E-state index in [0.717, 1.165) is 37.9 Å². The van der Waals surface area contributed by atoms with Gasteiger partial charge in [0.25, 0.3) is 5.56 Å². The minimum atomic E-state index is -4.76. The second-order valence-electron chi connectivity index (χ2n) is 9.57. The number of aryl methyl sites for hydroxylation is 1. The van der Waals surface area contributed by atoms with Gasteiger partial charge in [0.1, 0.15) is 17.9 Å². The molecule has 0 aromatic carbocycles. The quantitative estimate of drug-likeness (QED) is 0.331. The number of aromatic nitrogens is 7. The molecular formula is C25H25F3N8O3S. The van der Waals surface area contributed by atoms with Gasteiger partial charge in [-0.3, -0.25) is 14.3 Å². The second kappa shape index (κ2) is 10.2. The molecule has 4 aromatic rings. The Morgan fingerprint density at radius 1 is 1.10 bits per heavy atom. The molecule has 1 atom stereocenters. The summed E-state index contributed by atoms with van der Waals surface area (Å²) in [6, 6.07) is 0.559. The minimum Gasteiger partial charge on any atom is -0.360 e. The predicted octanol–water partition coefficient (Wildman–Crippen LogP) is 3.62. The van der Waals surface area contributed by atoms with Crippen molar-refractivity contribution in [3.05, 3.63) is 58.3 Å². The van der Waals surface area contributed by atoms with Gasteiger partial charge in [-0.2, -0.15) is 13.2 Å². The summed E-state index contributed by atoms with van der Waals surface area (Å²) in [6.45, 7) is 2.67. The molecule has 210 valence electrons. The van der Waals surface area contributed by atoms with Crippen LogP contribution in [0.25, 0.3) is 22.6 Å². The fourth-order valence-corrected chi connectivity index (χ4v) is 4.83. The van der Waals surface area contributed by atoms with Gasteiger partial charge in [-0.15, -0.1) is 0 Å². The Morgan fingerprint density at radius 3 is 2.45 bits per heavy atom. The van der Waals surface area contributed by atoms with Crippen LogP contribution in [0.1, 0.15) is 55.7 Å². The number of hydrogen-bond acceptors (Lipinski definition) is 10. The van der Waals surface area contributed by atoms with Crippen molar-refractivity contribution in [2.45, 2.75) is 62.7 Å². The number of pyridine rings is 1. The van der Waals surface area contributed by atoms with Gasteiger partial charge in [0.05, 0.1) is 40.3 Å². The van der Waals surface area contributed by atoms with Crippen LogP contribution in [0.2, 0.25) is 0 Å². The number of hydrogen-bond donors (Lipinski definition) is 1. The number of fused-ring (bicyclic) bond motifs is 1. The number of halogens is 3. The maximum absolute atomic E-state index is 14.0. The molecule has 1 aliphatic rings. The third-order valence-electron chi connectivity index (χ3n) is 6.63. The Hall–Kier alpha value is -4.01. The molecular weight excluding hydrogens is 549 g/mol. The first-order valence-corrected chi connectivity index (χ1v) is 14.4. The lowest BCUT2D eigenvalue weighted by atomic mass is 10.1. The largest absolute Gasteiger partial charge is 0.409 e. The van der Waals surface area contributed by atoms with Gasteiger partial charge in [0.15, 0.2) is 27.1 Å². The van der Waals surface area contributed by atoms with E-state index in [4.69, 9.17) is 0 Å². The van der Waals surface area contributed by atoms with Gasteiger partial charge in [-0.25, -0.2) is 33.3 Å². The minimum absolute atomic E-state index is 0.00859. The summed E-state index contributed by atoms with van der Waals surface area (Å²) in [5.41, 5.74) is 0.994. The molecule has 1 saturated carbocycles. The summed E-state index contributed by atoms with van der Waals surface area (Å²) in [6.07, 6.45) is 2.58. The molecule has 0 amide bonds. The highest BCUT2D eigenvalue weighted by Gasteiger charge is 2.40. The SMILES string of the molecule is CCc1ncnc(C2CC2)c1-c1ncc2nc(NCc3ccc(S(C)(=O)=O)cn3)c(=O)n([C@@H](C)C(F)(F)F)c2n1. The van der Waals surface area contributed by atoms with Gasteiger partial charge in [0.2, 0.25) is 0 Å². The number of nitrogens with zero attached hydrogens (tertiary/aromatic N) is 7. The summed E-state index contributed by atoms with van der Waals surface area (Å²) < 4.78 is 65.7. The molecule has 40 heavy (non-hydrogen) atoms. The lowest BCUT2D eigenvalue weighted by molar-refractivity contribution is -0.162. The molecule has 0 bridgehead atoms. The monoisotopic (exact) mass is 574 g/mol. The van der Waals surface area contributed by atoms with E-state index in [1.807, 2.05) is 6.92 Å². The zero-order valence-electron chi connectivity index (χ0n) is 21.8. The van der Waals surface area contributed by atoms with E-state index in [2.05, 4.69) is 35.2 Å². The van der Waals surface area contributed by atoms with Crippen LogP contribution >= 0.6 is 0 Å². The van der Waals surface area contributed by atoms with E-state index in [-0.39, 0.29) is 40.2 Å². The summed E-state index contributed by atoms with van der Waals surface area (Å²) in [7, 11) is -3.46. The van der Waals surface area contributed by atoms with E-state index in [1.54, 1.807) is 0 Å². The number of rotatable bonds is 8. The molecule has 1 fully saturated rings. The fraction of sp³-hybridized carbons (Fsp3) is 0.400. The Labute approximate surface area is 226 Å².